The Kier molecular flexibility index (Phi) is 45.8. The monoisotopic (exact) mass is 772 g/mol. The smallest absolute Gasteiger partial charge is 0.220 e. The van der Waals surface area contributed by atoms with E-state index in [2.05, 4.69) is 43.5 Å². The summed E-state index contributed by atoms with van der Waals surface area (Å²) in [6, 6.07) is -0.639. The van der Waals surface area contributed by atoms with E-state index in [-0.39, 0.29) is 12.5 Å². The number of nitrogens with one attached hydrogen (secondary N) is 1. The first-order chi connectivity index (χ1) is 27.2. The molecule has 0 saturated carbocycles. The molecule has 55 heavy (non-hydrogen) atoms. The van der Waals surface area contributed by atoms with Crippen molar-refractivity contribution < 1.29 is 15.0 Å². The normalized spacial score (nSPS) is 13.2. The fourth-order valence-electron chi connectivity index (χ4n) is 7.54. The lowest BCUT2D eigenvalue weighted by Crippen LogP contribution is -2.45. The first kappa shape index (κ1) is 53.6. The van der Waals surface area contributed by atoms with Crippen LogP contribution in [0.3, 0.4) is 0 Å². The Hall–Kier alpha value is -1.39. The van der Waals surface area contributed by atoms with E-state index in [1.54, 1.807) is 6.08 Å². The first-order valence-corrected chi connectivity index (χ1v) is 24.7. The SMILES string of the molecule is CCCCCCCCCCCCCC/C=C\CCCCCCCCCCCC(=O)NC(CO)C(O)/C=C/CC/C=C/CCCCCCCCCCCCCC. The Bertz CT molecular complexity index is 836. The zero-order valence-corrected chi connectivity index (χ0v) is 37.2. The molecule has 0 aromatic rings. The number of rotatable bonds is 45. The van der Waals surface area contributed by atoms with Crippen LogP contribution in [-0.4, -0.2) is 34.9 Å². The van der Waals surface area contributed by atoms with Crippen molar-refractivity contribution in [2.24, 2.45) is 0 Å². The van der Waals surface area contributed by atoms with Gasteiger partial charge in [-0.3, -0.25) is 4.79 Å². The predicted molar refractivity (Wildman–Crippen MR) is 244 cm³/mol. The van der Waals surface area contributed by atoms with Gasteiger partial charge in [0.2, 0.25) is 5.91 Å². The van der Waals surface area contributed by atoms with Gasteiger partial charge in [-0.1, -0.05) is 237 Å². The van der Waals surface area contributed by atoms with Crippen molar-refractivity contribution in [3.63, 3.8) is 0 Å². The van der Waals surface area contributed by atoms with E-state index in [9.17, 15) is 15.0 Å². The number of unbranched alkanes of at least 4 members (excludes halogenated alkanes) is 34. The van der Waals surface area contributed by atoms with Crippen LogP contribution in [0.15, 0.2) is 36.5 Å². The van der Waals surface area contributed by atoms with Gasteiger partial charge < -0.3 is 15.5 Å². The van der Waals surface area contributed by atoms with Crippen LogP contribution in [-0.2, 0) is 4.79 Å². The maximum Gasteiger partial charge on any atom is 0.220 e. The molecule has 0 spiro atoms. The second-order valence-corrected chi connectivity index (χ2v) is 16.9. The number of allylic oxidation sites excluding steroid dienone is 5. The fraction of sp³-hybridized carbons (Fsp3) is 0.863. The third-order valence-electron chi connectivity index (χ3n) is 11.3. The summed E-state index contributed by atoms with van der Waals surface area (Å²) in [6.45, 7) is 4.32. The largest absolute Gasteiger partial charge is 0.394 e. The average molecular weight is 772 g/mol. The summed E-state index contributed by atoms with van der Waals surface area (Å²) >= 11 is 0. The summed E-state index contributed by atoms with van der Waals surface area (Å²) < 4.78 is 0. The summed E-state index contributed by atoms with van der Waals surface area (Å²) in [5.41, 5.74) is 0. The molecule has 4 heteroatoms. The Balaban J connectivity index is 3.55. The molecule has 0 aliphatic carbocycles. The zero-order valence-electron chi connectivity index (χ0n) is 37.2. The Morgan fingerprint density at radius 3 is 1.05 bits per heavy atom. The van der Waals surface area contributed by atoms with Gasteiger partial charge in [0.25, 0.3) is 0 Å². The van der Waals surface area contributed by atoms with Crippen molar-refractivity contribution in [1.29, 1.82) is 0 Å². The van der Waals surface area contributed by atoms with Crippen LogP contribution in [0.25, 0.3) is 0 Å². The molecule has 0 heterocycles. The molecule has 4 nitrogen and oxygen atoms in total. The Morgan fingerprint density at radius 2 is 0.709 bits per heavy atom. The van der Waals surface area contributed by atoms with Crippen molar-refractivity contribution in [2.45, 2.75) is 276 Å². The van der Waals surface area contributed by atoms with Gasteiger partial charge in [0, 0.05) is 6.42 Å². The quantitative estimate of drug-likeness (QED) is 0.0426. The standard InChI is InChI=1S/C51H97NO3/c1-3-5-7-9-11-13-15-17-19-21-23-24-25-26-27-28-29-31-33-35-37-39-41-43-45-47-51(55)52-49(48-53)50(54)46-44-42-40-38-36-34-32-30-22-20-18-16-14-12-10-8-6-4-2/h26-27,36,38,44,46,49-50,53-54H,3-25,28-35,37,39-43,45,47-48H2,1-2H3,(H,52,55)/b27-26-,38-36+,46-44+. The first-order valence-electron chi connectivity index (χ1n) is 24.7. The lowest BCUT2D eigenvalue weighted by Gasteiger charge is -2.19. The van der Waals surface area contributed by atoms with Gasteiger partial charge in [-0.25, -0.2) is 0 Å². The molecule has 0 radical (unpaired) electrons. The van der Waals surface area contributed by atoms with E-state index in [0.717, 1.165) is 32.1 Å². The summed E-state index contributed by atoms with van der Waals surface area (Å²) in [7, 11) is 0. The molecule has 3 N–H and O–H groups in total. The van der Waals surface area contributed by atoms with Crippen LogP contribution < -0.4 is 5.32 Å². The van der Waals surface area contributed by atoms with Crippen LogP contribution in [0, 0.1) is 0 Å². The van der Waals surface area contributed by atoms with Crippen LogP contribution in [0.1, 0.15) is 264 Å². The van der Waals surface area contributed by atoms with E-state index in [0.29, 0.717) is 6.42 Å². The molecule has 2 atom stereocenters. The Morgan fingerprint density at radius 1 is 0.418 bits per heavy atom. The molecule has 0 bridgehead atoms. The minimum absolute atomic E-state index is 0.0737. The highest BCUT2D eigenvalue weighted by molar-refractivity contribution is 5.76. The van der Waals surface area contributed by atoms with Crippen molar-refractivity contribution in [1.82, 2.24) is 5.32 Å². The zero-order chi connectivity index (χ0) is 40.0. The second-order valence-electron chi connectivity index (χ2n) is 16.9. The van der Waals surface area contributed by atoms with Crippen LogP contribution >= 0.6 is 0 Å². The number of aliphatic hydroxyl groups is 2. The second kappa shape index (κ2) is 47.0. The molecule has 1 amide bonds. The molecule has 324 valence electrons. The van der Waals surface area contributed by atoms with Crippen molar-refractivity contribution in [3.8, 4) is 0 Å². The van der Waals surface area contributed by atoms with E-state index in [4.69, 9.17) is 0 Å². The molecule has 0 aliphatic heterocycles. The molecule has 0 fully saturated rings. The van der Waals surface area contributed by atoms with Crippen molar-refractivity contribution >= 4 is 5.91 Å². The summed E-state index contributed by atoms with van der Waals surface area (Å²) in [4.78, 5) is 12.4. The number of carbonyl (C=O) groups is 1. The number of amides is 1. The molecule has 0 aromatic heterocycles. The number of carbonyl (C=O) groups excluding carboxylic acids is 1. The number of hydrogen-bond donors (Lipinski definition) is 3. The molecule has 2 unspecified atom stereocenters. The highest BCUT2D eigenvalue weighted by Gasteiger charge is 2.17. The summed E-state index contributed by atoms with van der Waals surface area (Å²) in [5, 5.41) is 23.0. The minimum atomic E-state index is -0.862. The molecule has 0 saturated heterocycles. The van der Waals surface area contributed by atoms with Gasteiger partial charge in [0.15, 0.2) is 0 Å². The van der Waals surface area contributed by atoms with E-state index >= 15 is 0 Å². The summed E-state index contributed by atoms with van der Waals surface area (Å²) in [6.07, 6.45) is 62.8. The molecular weight excluding hydrogens is 675 g/mol. The molecule has 0 aromatic carbocycles. The van der Waals surface area contributed by atoms with Gasteiger partial charge in [-0.05, 0) is 57.8 Å². The maximum atomic E-state index is 12.4. The number of aliphatic hydroxyl groups excluding tert-OH is 2. The van der Waals surface area contributed by atoms with Gasteiger partial charge in [-0.2, -0.15) is 0 Å². The van der Waals surface area contributed by atoms with E-state index in [1.807, 2.05) is 6.08 Å². The fourth-order valence-corrected chi connectivity index (χ4v) is 7.54. The third-order valence-corrected chi connectivity index (χ3v) is 11.3. The highest BCUT2D eigenvalue weighted by Crippen LogP contribution is 2.15. The summed E-state index contributed by atoms with van der Waals surface area (Å²) in [5.74, 6) is -0.0737. The third kappa shape index (κ3) is 43.6. The molecule has 0 aliphatic rings. The topological polar surface area (TPSA) is 69.6 Å². The van der Waals surface area contributed by atoms with Gasteiger partial charge >= 0.3 is 0 Å². The van der Waals surface area contributed by atoms with Gasteiger partial charge in [-0.15, -0.1) is 0 Å². The highest BCUT2D eigenvalue weighted by atomic mass is 16.3. The van der Waals surface area contributed by atoms with Gasteiger partial charge in [0.05, 0.1) is 18.8 Å². The predicted octanol–water partition coefficient (Wildman–Crippen LogP) is 15.7. The van der Waals surface area contributed by atoms with Crippen molar-refractivity contribution in [2.75, 3.05) is 6.61 Å². The Labute approximate surface area is 344 Å². The van der Waals surface area contributed by atoms with Gasteiger partial charge in [0.1, 0.15) is 0 Å². The van der Waals surface area contributed by atoms with Crippen LogP contribution in [0.5, 0.6) is 0 Å². The lowest BCUT2D eigenvalue weighted by molar-refractivity contribution is -0.123. The van der Waals surface area contributed by atoms with Crippen LogP contribution in [0.4, 0.5) is 0 Å². The average Bonchev–Trinajstić information content (AvgIpc) is 3.19. The molecule has 0 rings (SSSR count). The number of hydrogen-bond acceptors (Lipinski definition) is 3. The van der Waals surface area contributed by atoms with E-state index in [1.165, 1.54) is 212 Å². The molecular formula is C51H97NO3. The minimum Gasteiger partial charge on any atom is -0.394 e. The van der Waals surface area contributed by atoms with Crippen molar-refractivity contribution in [3.05, 3.63) is 36.5 Å². The van der Waals surface area contributed by atoms with E-state index < -0.39 is 12.1 Å². The maximum absolute atomic E-state index is 12.4. The van der Waals surface area contributed by atoms with Crippen LogP contribution in [0.2, 0.25) is 0 Å². The lowest BCUT2D eigenvalue weighted by atomic mass is 10.0.